The summed E-state index contributed by atoms with van der Waals surface area (Å²) in [7, 11) is 0. The van der Waals surface area contributed by atoms with E-state index >= 15 is 0 Å². The Balaban J connectivity index is 1.24. The van der Waals surface area contributed by atoms with Gasteiger partial charge in [-0.2, -0.15) is 11.8 Å². The van der Waals surface area contributed by atoms with Gasteiger partial charge in [-0.3, -0.25) is 5.43 Å². The molecule has 132 valence electrons. The second-order valence-corrected chi connectivity index (χ2v) is 8.27. The van der Waals surface area contributed by atoms with Gasteiger partial charge in [0, 0.05) is 36.6 Å². The third kappa shape index (κ3) is 3.82. The molecule has 3 aliphatic rings. The quantitative estimate of drug-likeness (QED) is 0.658. The van der Waals surface area contributed by atoms with Gasteiger partial charge in [-0.05, 0) is 30.5 Å². The summed E-state index contributed by atoms with van der Waals surface area (Å²) >= 11 is 2.15. The molecular weight excluding hydrogens is 322 g/mol. The first-order valence-electron chi connectivity index (χ1n) is 9.10. The zero-order chi connectivity index (χ0) is 16.2. The molecule has 0 radical (unpaired) electrons. The van der Waals surface area contributed by atoms with E-state index in [1.807, 2.05) is 6.07 Å². The van der Waals surface area contributed by atoms with Crippen molar-refractivity contribution in [3.05, 3.63) is 23.8 Å². The van der Waals surface area contributed by atoms with Crippen molar-refractivity contribution in [2.45, 2.75) is 37.0 Å². The van der Waals surface area contributed by atoms with Crippen LogP contribution in [-0.2, 0) is 0 Å². The Bertz CT molecular complexity index is 551. The predicted octanol–water partition coefficient (Wildman–Crippen LogP) is 2.45. The molecule has 1 aromatic rings. The van der Waals surface area contributed by atoms with Crippen LogP contribution >= 0.6 is 11.8 Å². The molecule has 2 unspecified atom stereocenters. The lowest BCUT2D eigenvalue weighted by Crippen LogP contribution is -2.30. The number of hydrazine groups is 1. The molecule has 6 heteroatoms. The van der Waals surface area contributed by atoms with Gasteiger partial charge in [0.25, 0.3) is 0 Å². The number of nitrogens with one attached hydrogen (secondary N) is 3. The van der Waals surface area contributed by atoms with Crippen molar-refractivity contribution in [1.29, 1.82) is 0 Å². The highest BCUT2D eigenvalue weighted by atomic mass is 32.2. The van der Waals surface area contributed by atoms with Gasteiger partial charge in [-0.25, -0.2) is 5.43 Å². The van der Waals surface area contributed by atoms with Crippen molar-refractivity contribution in [3.63, 3.8) is 0 Å². The van der Waals surface area contributed by atoms with Gasteiger partial charge in [-0.15, -0.1) is 0 Å². The zero-order valence-corrected chi connectivity index (χ0v) is 14.9. The van der Waals surface area contributed by atoms with Crippen LogP contribution < -0.4 is 25.6 Å². The molecule has 5 nitrogen and oxygen atoms in total. The van der Waals surface area contributed by atoms with E-state index in [4.69, 9.17) is 9.47 Å². The van der Waals surface area contributed by atoms with Crippen molar-refractivity contribution >= 4 is 11.8 Å². The minimum absolute atomic E-state index is 0.314. The summed E-state index contributed by atoms with van der Waals surface area (Å²) in [6.45, 7) is 3.45. The molecule has 1 saturated heterocycles. The number of fused-ring (bicyclic) bond motifs is 1. The first-order chi connectivity index (χ1) is 11.9. The first-order valence-corrected chi connectivity index (χ1v) is 10.2. The van der Waals surface area contributed by atoms with E-state index in [9.17, 15) is 0 Å². The molecule has 0 amide bonds. The van der Waals surface area contributed by atoms with Crippen LogP contribution in [0.25, 0.3) is 0 Å². The molecule has 2 aliphatic heterocycles. The number of rotatable bonds is 7. The van der Waals surface area contributed by atoms with Crippen LogP contribution in [0.5, 0.6) is 11.5 Å². The van der Waals surface area contributed by atoms with Crippen molar-refractivity contribution in [2.24, 2.45) is 5.92 Å². The average Bonchev–Trinajstić information content (AvgIpc) is 3.35. The molecule has 0 spiro atoms. The Morgan fingerprint density at radius 3 is 2.96 bits per heavy atom. The lowest BCUT2D eigenvalue weighted by Gasteiger charge is -2.20. The zero-order valence-electron chi connectivity index (χ0n) is 14.1. The maximum Gasteiger partial charge on any atom is 0.231 e. The maximum absolute atomic E-state index is 5.51. The van der Waals surface area contributed by atoms with Gasteiger partial charge in [-0.1, -0.05) is 18.9 Å². The summed E-state index contributed by atoms with van der Waals surface area (Å²) in [5, 5.41) is 4.57. The lowest BCUT2D eigenvalue weighted by molar-refractivity contribution is 0.174. The fourth-order valence-electron chi connectivity index (χ4n) is 3.83. The van der Waals surface area contributed by atoms with Crippen molar-refractivity contribution in [3.8, 4) is 11.5 Å². The Morgan fingerprint density at radius 2 is 2.04 bits per heavy atom. The molecule has 3 N–H and O–H groups in total. The van der Waals surface area contributed by atoms with E-state index in [1.54, 1.807) is 0 Å². The topological polar surface area (TPSA) is 54.5 Å². The van der Waals surface area contributed by atoms with Crippen LogP contribution in [-0.4, -0.2) is 37.4 Å². The molecule has 24 heavy (non-hydrogen) atoms. The Kier molecular flexibility index (Phi) is 5.47. The van der Waals surface area contributed by atoms with Gasteiger partial charge in [0.1, 0.15) is 0 Å². The lowest BCUT2D eigenvalue weighted by atomic mass is 9.94. The van der Waals surface area contributed by atoms with Gasteiger partial charge < -0.3 is 14.8 Å². The average molecular weight is 350 g/mol. The highest BCUT2D eigenvalue weighted by Gasteiger charge is 2.29. The third-order valence-corrected chi connectivity index (χ3v) is 6.57. The first kappa shape index (κ1) is 16.5. The van der Waals surface area contributed by atoms with E-state index in [0.717, 1.165) is 36.4 Å². The van der Waals surface area contributed by atoms with Crippen LogP contribution in [0, 0.1) is 5.92 Å². The molecule has 1 aromatic carbocycles. The van der Waals surface area contributed by atoms with E-state index < -0.39 is 0 Å². The van der Waals surface area contributed by atoms with Crippen LogP contribution in [0.1, 0.15) is 37.3 Å². The summed E-state index contributed by atoms with van der Waals surface area (Å²) in [6, 6.07) is 6.58. The molecule has 1 aliphatic carbocycles. The summed E-state index contributed by atoms with van der Waals surface area (Å²) in [6.07, 6.45) is 5.71. The van der Waals surface area contributed by atoms with Crippen LogP contribution in [0.3, 0.4) is 0 Å². The fourth-order valence-corrected chi connectivity index (χ4v) is 5.09. The smallest absolute Gasteiger partial charge is 0.231 e. The minimum Gasteiger partial charge on any atom is -0.454 e. The number of benzene rings is 1. The Hall–Kier alpha value is -0.950. The van der Waals surface area contributed by atoms with Crippen molar-refractivity contribution in [1.82, 2.24) is 16.2 Å². The Morgan fingerprint density at radius 1 is 1.17 bits per heavy atom. The Labute approximate surface area is 148 Å². The molecule has 2 fully saturated rings. The molecular formula is C18H27N3O2S. The molecule has 2 atom stereocenters. The standard InChI is InChI=1S/C18H27N3O2S/c1-2-4-15(3-1)24-8-7-19-10-14-11-20-21-18(14)13-5-6-16-17(9-13)23-12-22-16/h5-6,9,14-15,18-21H,1-4,7-8,10-12H2. The predicted molar refractivity (Wildman–Crippen MR) is 97.5 cm³/mol. The van der Waals surface area contributed by atoms with Crippen molar-refractivity contribution < 1.29 is 9.47 Å². The summed E-state index contributed by atoms with van der Waals surface area (Å²) in [5.74, 6) is 3.48. The summed E-state index contributed by atoms with van der Waals surface area (Å²) in [4.78, 5) is 0. The van der Waals surface area contributed by atoms with Crippen LogP contribution in [0.2, 0.25) is 0 Å². The monoisotopic (exact) mass is 349 g/mol. The molecule has 1 saturated carbocycles. The van der Waals surface area contributed by atoms with E-state index in [0.29, 0.717) is 18.8 Å². The third-order valence-electron chi connectivity index (χ3n) is 5.19. The van der Waals surface area contributed by atoms with Gasteiger partial charge in [0.05, 0.1) is 6.04 Å². The molecule has 0 aromatic heterocycles. The van der Waals surface area contributed by atoms with E-state index in [-0.39, 0.29) is 0 Å². The fraction of sp³-hybridized carbons (Fsp3) is 0.667. The summed E-state index contributed by atoms with van der Waals surface area (Å²) < 4.78 is 10.9. The highest BCUT2D eigenvalue weighted by Crippen LogP contribution is 2.36. The van der Waals surface area contributed by atoms with Crippen LogP contribution in [0.15, 0.2) is 18.2 Å². The van der Waals surface area contributed by atoms with E-state index in [1.165, 1.54) is 37.0 Å². The van der Waals surface area contributed by atoms with Gasteiger partial charge >= 0.3 is 0 Å². The highest BCUT2D eigenvalue weighted by molar-refractivity contribution is 7.99. The van der Waals surface area contributed by atoms with Crippen LogP contribution in [0.4, 0.5) is 0 Å². The van der Waals surface area contributed by atoms with Gasteiger partial charge in [0.15, 0.2) is 11.5 Å². The number of ether oxygens (including phenoxy) is 2. The van der Waals surface area contributed by atoms with Gasteiger partial charge in [0.2, 0.25) is 6.79 Å². The second-order valence-electron chi connectivity index (χ2n) is 6.86. The minimum atomic E-state index is 0.314. The second kappa shape index (κ2) is 7.95. The molecule has 2 heterocycles. The number of hydrogen-bond acceptors (Lipinski definition) is 6. The molecule has 4 rings (SSSR count). The largest absolute Gasteiger partial charge is 0.454 e. The van der Waals surface area contributed by atoms with E-state index in [2.05, 4.69) is 40.1 Å². The SMILES string of the molecule is c1cc2c(cc1C1NNCC1CNCCSC1CCCC1)OCO2. The number of thioether (sulfide) groups is 1. The molecule has 0 bridgehead atoms. The summed E-state index contributed by atoms with van der Waals surface area (Å²) in [5.41, 5.74) is 7.98. The number of hydrogen-bond donors (Lipinski definition) is 3. The maximum atomic E-state index is 5.51. The van der Waals surface area contributed by atoms with Crippen molar-refractivity contribution in [2.75, 3.05) is 32.2 Å². The normalized spacial score (nSPS) is 26.3.